The highest BCUT2D eigenvalue weighted by atomic mass is 16.6. The third kappa shape index (κ3) is 3.08. The van der Waals surface area contributed by atoms with Crippen molar-refractivity contribution in [2.45, 2.75) is 26.8 Å². The number of aryl methyl sites for hydroxylation is 2. The van der Waals surface area contributed by atoms with Gasteiger partial charge in [0, 0.05) is 18.2 Å². The average Bonchev–Trinajstić information content (AvgIpc) is 3.22. The van der Waals surface area contributed by atoms with Gasteiger partial charge in [-0.25, -0.2) is 0 Å². The van der Waals surface area contributed by atoms with Crippen molar-refractivity contribution in [2.75, 3.05) is 13.2 Å². The fraction of sp³-hybridized carbons (Fsp3) is 0.316. The number of ketones is 1. The molecule has 0 radical (unpaired) electrons. The molecule has 7 heteroatoms. The van der Waals surface area contributed by atoms with Crippen molar-refractivity contribution < 1.29 is 18.8 Å². The first-order valence-electron chi connectivity index (χ1n) is 8.46. The number of rotatable bonds is 5. The molecule has 134 valence electrons. The maximum Gasteiger partial charge on any atom is 0.172 e. The predicted molar refractivity (Wildman–Crippen MR) is 92.8 cm³/mol. The quantitative estimate of drug-likeness (QED) is 0.656. The Morgan fingerprint density at radius 3 is 2.88 bits per heavy atom. The minimum atomic E-state index is -0.0239. The van der Waals surface area contributed by atoms with E-state index in [0.717, 1.165) is 22.6 Å². The van der Waals surface area contributed by atoms with E-state index in [9.17, 15) is 4.79 Å². The van der Waals surface area contributed by atoms with Crippen molar-refractivity contribution in [3.8, 4) is 11.5 Å². The molecule has 7 nitrogen and oxygen atoms in total. The van der Waals surface area contributed by atoms with Gasteiger partial charge >= 0.3 is 0 Å². The Balaban J connectivity index is 1.50. The Morgan fingerprint density at radius 1 is 1.23 bits per heavy atom. The number of carbonyl (C=O) groups excluding carboxylic acids is 1. The molecule has 4 rings (SSSR count). The minimum Gasteiger partial charge on any atom is -0.486 e. The van der Waals surface area contributed by atoms with Crippen molar-refractivity contribution in [1.82, 2.24) is 14.9 Å². The van der Waals surface area contributed by atoms with Gasteiger partial charge in [0.1, 0.15) is 19.0 Å². The van der Waals surface area contributed by atoms with Crippen LogP contribution in [-0.4, -0.2) is 33.9 Å². The molecule has 0 bridgehead atoms. The fourth-order valence-corrected chi connectivity index (χ4v) is 3.05. The second-order valence-corrected chi connectivity index (χ2v) is 6.28. The summed E-state index contributed by atoms with van der Waals surface area (Å²) in [4.78, 5) is 12.7. The van der Waals surface area contributed by atoms with Crippen LogP contribution in [-0.2, 0) is 13.0 Å². The molecule has 1 aliphatic rings. The number of nitrogens with zero attached hydrogens (tertiary/aromatic N) is 3. The number of fused-ring (bicyclic) bond motifs is 1. The van der Waals surface area contributed by atoms with E-state index in [4.69, 9.17) is 14.0 Å². The third-order valence-electron chi connectivity index (χ3n) is 4.42. The number of benzene rings is 1. The van der Waals surface area contributed by atoms with Crippen LogP contribution < -0.4 is 9.47 Å². The van der Waals surface area contributed by atoms with Gasteiger partial charge in [0.15, 0.2) is 17.3 Å². The van der Waals surface area contributed by atoms with E-state index in [1.54, 1.807) is 16.9 Å². The molecule has 0 fully saturated rings. The summed E-state index contributed by atoms with van der Waals surface area (Å²) in [5, 5.41) is 8.30. The zero-order valence-corrected chi connectivity index (χ0v) is 14.7. The van der Waals surface area contributed by atoms with Gasteiger partial charge in [-0.05, 0) is 31.5 Å². The molecular weight excluding hydrogens is 334 g/mol. The lowest BCUT2D eigenvalue weighted by atomic mass is 10.0. The number of ether oxygens (including phenoxy) is 2. The van der Waals surface area contributed by atoms with Crippen LogP contribution in [0.1, 0.15) is 32.9 Å². The van der Waals surface area contributed by atoms with E-state index in [-0.39, 0.29) is 12.2 Å². The normalized spacial score (nSPS) is 13.0. The highest BCUT2D eigenvalue weighted by molar-refractivity contribution is 6.00. The molecular formula is C19H19N3O4. The highest BCUT2D eigenvalue weighted by Crippen LogP contribution is 2.34. The number of para-hydroxylation sites is 1. The Kier molecular flexibility index (Phi) is 4.20. The molecule has 1 aromatic carbocycles. The summed E-state index contributed by atoms with van der Waals surface area (Å²) in [6.45, 7) is 5.29. The molecule has 0 saturated carbocycles. The van der Waals surface area contributed by atoms with Gasteiger partial charge in [-0.2, -0.15) is 5.10 Å². The monoisotopic (exact) mass is 353 g/mol. The number of hydrogen-bond acceptors (Lipinski definition) is 6. The van der Waals surface area contributed by atoms with Crippen LogP contribution in [0.2, 0.25) is 0 Å². The Hall–Kier alpha value is -3.09. The standard InChI is InChI=1S/C19H19N3O4/c1-12-16(13(2)26-21-12)11-22-10-14(9-20-22)8-17(23)15-4-3-5-18-19(15)25-7-6-24-18/h3-5,9-10H,6-8,11H2,1-2H3. The molecule has 0 N–H and O–H groups in total. The first-order valence-corrected chi connectivity index (χ1v) is 8.46. The van der Waals surface area contributed by atoms with Crippen LogP contribution in [0, 0.1) is 13.8 Å². The van der Waals surface area contributed by atoms with Crippen LogP contribution in [0.3, 0.4) is 0 Å². The summed E-state index contributed by atoms with van der Waals surface area (Å²) >= 11 is 0. The van der Waals surface area contributed by atoms with Crippen molar-refractivity contribution in [2.24, 2.45) is 0 Å². The number of carbonyl (C=O) groups is 1. The average molecular weight is 353 g/mol. The lowest BCUT2D eigenvalue weighted by molar-refractivity contribution is 0.0981. The van der Waals surface area contributed by atoms with Gasteiger partial charge in [0.05, 0.1) is 24.0 Å². The van der Waals surface area contributed by atoms with Gasteiger partial charge in [-0.15, -0.1) is 0 Å². The van der Waals surface area contributed by atoms with E-state index < -0.39 is 0 Å². The second kappa shape index (κ2) is 6.67. The molecule has 3 heterocycles. The molecule has 0 unspecified atom stereocenters. The highest BCUT2D eigenvalue weighted by Gasteiger charge is 2.21. The molecule has 0 saturated heterocycles. The van der Waals surface area contributed by atoms with Crippen LogP contribution in [0.25, 0.3) is 0 Å². The largest absolute Gasteiger partial charge is 0.486 e. The summed E-state index contributed by atoms with van der Waals surface area (Å²) in [6, 6.07) is 5.39. The van der Waals surface area contributed by atoms with Crippen LogP contribution in [0.5, 0.6) is 11.5 Å². The molecule has 26 heavy (non-hydrogen) atoms. The molecule has 3 aromatic rings. The topological polar surface area (TPSA) is 79.4 Å². The van der Waals surface area contributed by atoms with E-state index in [2.05, 4.69) is 10.3 Å². The van der Waals surface area contributed by atoms with Gasteiger partial charge in [-0.1, -0.05) is 11.2 Å². The van der Waals surface area contributed by atoms with Gasteiger partial charge in [0.25, 0.3) is 0 Å². The van der Waals surface area contributed by atoms with E-state index in [1.807, 2.05) is 32.2 Å². The summed E-state index contributed by atoms with van der Waals surface area (Å²) in [5.41, 5.74) is 3.24. The summed E-state index contributed by atoms with van der Waals surface area (Å²) in [6.07, 6.45) is 3.83. The zero-order chi connectivity index (χ0) is 18.1. The molecule has 0 spiro atoms. The first kappa shape index (κ1) is 16.4. The van der Waals surface area contributed by atoms with Gasteiger partial charge < -0.3 is 14.0 Å². The molecule has 0 amide bonds. The Morgan fingerprint density at radius 2 is 2.08 bits per heavy atom. The SMILES string of the molecule is Cc1noc(C)c1Cn1cc(CC(=O)c2cccc3c2OCCO3)cn1. The number of aromatic nitrogens is 3. The maximum absolute atomic E-state index is 12.7. The first-order chi connectivity index (χ1) is 12.6. The van der Waals surface area contributed by atoms with Crippen LogP contribution >= 0.6 is 0 Å². The number of Topliss-reactive ketones (excluding diaryl/α,β-unsaturated/α-hetero) is 1. The van der Waals surface area contributed by atoms with Crippen molar-refractivity contribution in [3.63, 3.8) is 0 Å². The second-order valence-electron chi connectivity index (χ2n) is 6.28. The zero-order valence-electron chi connectivity index (χ0n) is 14.7. The van der Waals surface area contributed by atoms with Crippen molar-refractivity contribution >= 4 is 5.78 Å². The van der Waals surface area contributed by atoms with Gasteiger partial charge in [0.2, 0.25) is 0 Å². The summed E-state index contributed by atoms with van der Waals surface area (Å²) in [5.74, 6) is 1.91. The Labute approximate surface area is 150 Å². The van der Waals surface area contributed by atoms with E-state index in [1.165, 1.54) is 0 Å². The lowest BCUT2D eigenvalue weighted by Gasteiger charge is -2.20. The summed E-state index contributed by atoms with van der Waals surface area (Å²) in [7, 11) is 0. The minimum absolute atomic E-state index is 0.0239. The van der Waals surface area contributed by atoms with Crippen LogP contribution in [0.15, 0.2) is 35.1 Å². The van der Waals surface area contributed by atoms with E-state index >= 15 is 0 Å². The third-order valence-corrected chi connectivity index (χ3v) is 4.42. The fourth-order valence-electron chi connectivity index (χ4n) is 3.05. The maximum atomic E-state index is 12.7. The van der Waals surface area contributed by atoms with Crippen molar-refractivity contribution in [3.05, 3.63) is 58.7 Å². The Bertz CT molecular complexity index is 938. The van der Waals surface area contributed by atoms with Crippen LogP contribution in [0.4, 0.5) is 0 Å². The van der Waals surface area contributed by atoms with Crippen molar-refractivity contribution in [1.29, 1.82) is 0 Å². The summed E-state index contributed by atoms with van der Waals surface area (Å²) < 4.78 is 18.1. The molecule has 2 aromatic heterocycles. The van der Waals surface area contributed by atoms with Gasteiger partial charge in [-0.3, -0.25) is 9.48 Å². The number of hydrogen-bond donors (Lipinski definition) is 0. The molecule has 0 atom stereocenters. The molecule has 1 aliphatic heterocycles. The predicted octanol–water partition coefficient (Wildman–Crippen LogP) is 2.73. The smallest absolute Gasteiger partial charge is 0.172 e. The van der Waals surface area contributed by atoms with E-state index in [0.29, 0.717) is 36.8 Å². The molecule has 0 aliphatic carbocycles. The lowest BCUT2D eigenvalue weighted by Crippen LogP contribution is -2.18.